The summed E-state index contributed by atoms with van der Waals surface area (Å²) in [5.41, 5.74) is -0.448. The predicted octanol–water partition coefficient (Wildman–Crippen LogP) is 3.70. The van der Waals surface area contributed by atoms with Crippen LogP contribution >= 0.6 is 15.9 Å². The molecule has 1 aromatic carbocycles. The molecule has 8 heteroatoms. The van der Waals surface area contributed by atoms with Crippen molar-refractivity contribution < 1.29 is 21.6 Å². The van der Waals surface area contributed by atoms with Crippen molar-refractivity contribution >= 4 is 31.5 Å². The lowest BCUT2D eigenvalue weighted by atomic mass is 10.2. The predicted molar refractivity (Wildman–Crippen MR) is 76.6 cm³/mol. The molecule has 0 aromatic heterocycles. The van der Waals surface area contributed by atoms with Crippen LogP contribution < -0.4 is 5.32 Å². The van der Waals surface area contributed by atoms with E-state index in [4.69, 9.17) is 0 Å². The highest BCUT2D eigenvalue weighted by Crippen LogP contribution is 2.33. The highest BCUT2D eigenvalue weighted by Gasteiger charge is 2.31. The maximum Gasteiger partial charge on any atom is 0.416 e. The van der Waals surface area contributed by atoms with Crippen LogP contribution in [0.2, 0.25) is 0 Å². The summed E-state index contributed by atoms with van der Waals surface area (Å²) in [6.45, 7) is 1.86. The summed E-state index contributed by atoms with van der Waals surface area (Å²) in [5, 5.41) is 2.80. The van der Waals surface area contributed by atoms with E-state index in [1.54, 1.807) is 6.92 Å². The second kappa shape index (κ2) is 6.80. The Bertz CT molecular complexity index is 558. The van der Waals surface area contributed by atoms with Crippen LogP contribution in [0.3, 0.4) is 0 Å². The SMILES string of the molecule is CCS(=O)(=O)CCCNc1cc(Br)cc(C(F)(F)F)c1. The Balaban J connectivity index is 2.63. The van der Waals surface area contributed by atoms with E-state index in [1.807, 2.05) is 0 Å². The van der Waals surface area contributed by atoms with Gasteiger partial charge in [0.2, 0.25) is 0 Å². The Morgan fingerprint density at radius 1 is 1.25 bits per heavy atom. The van der Waals surface area contributed by atoms with Gasteiger partial charge in [0, 0.05) is 22.5 Å². The highest BCUT2D eigenvalue weighted by atomic mass is 79.9. The van der Waals surface area contributed by atoms with Crippen molar-refractivity contribution in [3.8, 4) is 0 Å². The van der Waals surface area contributed by atoms with Gasteiger partial charge in [-0.05, 0) is 24.6 Å². The maximum absolute atomic E-state index is 12.6. The maximum atomic E-state index is 12.6. The fourth-order valence-electron chi connectivity index (χ4n) is 1.52. The normalized spacial score (nSPS) is 12.4. The lowest BCUT2D eigenvalue weighted by Gasteiger charge is -2.11. The zero-order chi connectivity index (χ0) is 15.4. The van der Waals surface area contributed by atoms with Crippen molar-refractivity contribution in [2.75, 3.05) is 23.4 Å². The third kappa shape index (κ3) is 5.70. The molecule has 0 heterocycles. The molecule has 0 aliphatic rings. The van der Waals surface area contributed by atoms with Crippen molar-refractivity contribution in [2.24, 2.45) is 0 Å². The molecule has 0 saturated heterocycles. The largest absolute Gasteiger partial charge is 0.416 e. The second-order valence-electron chi connectivity index (χ2n) is 4.24. The van der Waals surface area contributed by atoms with Crippen molar-refractivity contribution in [3.05, 3.63) is 28.2 Å². The summed E-state index contributed by atoms with van der Waals surface area (Å²) in [6, 6.07) is 3.51. The molecule has 0 atom stereocenters. The summed E-state index contributed by atoms with van der Waals surface area (Å²) in [5.74, 6) is 0.0960. The summed E-state index contributed by atoms with van der Waals surface area (Å²) >= 11 is 3.02. The molecule has 1 rings (SSSR count). The first-order valence-corrected chi connectivity index (χ1v) is 8.57. The van der Waals surface area contributed by atoms with Gasteiger partial charge < -0.3 is 5.32 Å². The molecule has 0 bridgehead atoms. The van der Waals surface area contributed by atoms with E-state index in [0.717, 1.165) is 12.1 Å². The van der Waals surface area contributed by atoms with Crippen LogP contribution in [0.4, 0.5) is 18.9 Å². The average molecular weight is 374 g/mol. The standard InChI is InChI=1S/C12H15BrF3NO2S/c1-2-20(18,19)5-3-4-17-11-7-9(12(14,15)16)6-10(13)8-11/h6-8,17H,2-5H2,1H3. The molecule has 1 N–H and O–H groups in total. The molecular formula is C12H15BrF3NO2S. The molecule has 1 aromatic rings. The Labute approximate surface area is 124 Å². The van der Waals surface area contributed by atoms with Gasteiger partial charge in [-0.15, -0.1) is 0 Å². The molecule has 0 aliphatic heterocycles. The van der Waals surface area contributed by atoms with Crippen LogP contribution in [0, 0.1) is 0 Å². The summed E-state index contributed by atoms with van der Waals surface area (Å²) in [6.07, 6.45) is -4.06. The Hall–Kier alpha value is -0.760. The van der Waals surface area contributed by atoms with Crippen LogP contribution in [-0.4, -0.2) is 26.5 Å². The number of hydrogen-bond donors (Lipinski definition) is 1. The molecule has 0 fully saturated rings. The third-order valence-electron chi connectivity index (χ3n) is 2.63. The minimum atomic E-state index is -4.41. The molecule has 0 radical (unpaired) electrons. The number of hydrogen-bond acceptors (Lipinski definition) is 3. The Morgan fingerprint density at radius 3 is 2.45 bits per heavy atom. The number of alkyl halides is 3. The first-order valence-electron chi connectivity index (χ1n) is 5.96. The number of benzene rings is 1. The lowest BCUT2D eigenvalue weighted by Crippen LogP contribution is -2.13. The first-order chi connectivity index (χ1) is 9.14. The minimum absolute atomic E-state index is 0.0244. The zero-order valence-electron chi connectivity index (χ0n) is 10.8. The quantitative estimate of drug-likeness (QED) is 0.773. The van der Waals surface area contributed by atoms with Crippen LogP contribution in [0.5, 0.6) is 0 Å². The molecule has 0 unspecified atom stereocenters. The molecule has 0 aliphatic carbocycles. The van der Waals surface area contributed by atoms with Crippen molar-refractivity contribution in [2.45, 2.75) is 19.5 Å². The van der Waals surface area contributed by atoms with Crippen LogP contribution in [0.1, 0.15) is 18.9 Å². The van der Waals surface area contributed by atoms with E-state index in [-0.39, 0.29) is 11.5 Å². The third-order valence-corrected chi connectivity index (χ3v) is 4.87. The number of rotatable bonds is 6. The van der Waals surface area contributed by atoms with Crippen molar-refractivity contribution in [3.63, 3.8) is 0 Å². The van der Waals surface area contributed by atoms with Gasteiger partial charge in [0.05, 0.1) is 11.3 Å². The molecule has 20 heavy (non-hydrogen) atoms. The van der Waals surface area contributed by atoms with Crippen LogP contribution in [-0.2, 0) is 16.0 Å². The van der Waals surface area contributed by atoms with Gasteiger partial charge in [-0.3, -0.25) is 0 Å². The van der Waals surface area contributed by atoms with Gasteiger partial charge in [-0.1, -0.05) is 22.9 Å². The zero-order valence-corrected chi connectivity index (χ0v) is 13.2. The molecular weight excluding hydrogens is 359 g/mol. The molecule has 114 valence electrons. The number of halogens is 4. The summed E-state index contributed by atoms with van der Waals surface area (Å²) < 4.78 is 60.7. The average Bonchev–Trinajstić information content (AvgIpc) is 2.33. The van der Waals surface area contributed by atoms with E-state index in [2.05, 4.69) is 21.2 Å². The minimum Gasteiger partial charge on any atom is -0.385 e. The number of sulfone groups is 1. The van der Waals surface area contributed by atoms with E-state index in [9.17, 15) is 21.6 Å². The highest BCUT2D eigenvalue weighted by molar-refractivity contribution is 9.10. The van der Waals surface area contributed by atoms with Crippen LogP contribution in [0.15, 0.2) is 22.7 Å². The molecule has 0 spiro atoms. The smallest absolute Gasteiger partial charge is 0.385 e. The molecule has 0 amide bonds. The fourth-order valence-corrected chi connectivity index (χ4v) is 2.89. The van der Waals surface area contributed by atoms with Gasteiger partial charge in [-0.25, -0.2) is 8.42 Å². The summed E-state index contributed by atoms with van der Waals surface area (Å²) in [4.78, 5) is 0. The van der Waals surface area contributed by atoms with Gasteiger partial charge in [-0.2, -0.15) is 13.2 Å². The van der Waals surface area contributed by atoms with E-state index in [1.165, 1.54) is 6.07 Å². The topological polar surface area (TPSA) is 46.2 Å². The van der Waals surface area contributed by atoms with Gasteiger partial charge in [0.1, 0.15) is 9.84 Å². The lowest BCUT2D eigenvalue weighted by molar-refractivity contribution is -0.137. The molecule has 0 saturated carbocycles. The Kier molecular flexibility index (Phi) is 5.88. The van der Waals surface area contributed by atoms with Crippen LogP contribution in [0.25, 0.3) is 0 Å². The van der Waals surface area contributed by atoms with Crippen molar-refractivity contribution in [1.29, 1.82) is 0 Å². The van der Waals surface area contributed by atoms with Gasteiger partial charge in [0.25, 0.3) is 0 Å². The van der Waals surface area contributed by atoms with E-state index in [0.29, 0.717) is 23.1 Å². The van der Waals surface area contributed by atoms with E-state index >= 15 is 0 Å². The van der Waals surface area contributed by atoms with E-state index < -0.39 is 21.6 Å². The molecule has 3 nitrogen and oxygen atoms in total. The summed E-state index contributed by atoms with van der Waals surface area (Å²) in [7, 11) is -3.04. The first kappa shape index (κ1) is 17.3. The number of nitrogens with one attached hydrogen (secondary N) is 1. The monoisotopic (exact) mass is 373 g/mol. The van der Waals surface area contributed by atoms with Gasteiger partial charge >= 0.3 is 6.18 Å². The van der Waals surface area contributed by atoms with Gasteiger partial charge in [0.15, 0.2) is 0 Å². The Morgan fingerprint density at radius 2 is 1.90 bits per heavy atom. The fraction of sp³-hybridized carbons (Fsp3) is 0.500. The number of anilines is 1. The van der Waals surface area contributed by atoms with Crippen molar-refractivity contribution in [1.82, 2.24) is 0 Å². The second-order valence-corrected chi connectivity index (χ2v) is 7.63.